The van der Waals surface area contributed by atoms with Crippen molar-refractivity contribution in [1.82, 2.24) is 5.32 Å². The summed E-state index contributed by atoms with van der Waals surface area (Å²) >= 11 is 0. The predicted octanol–water partition coefficient (Wildman–Crippen LogP) is 2.42. The van der Waals surface area contributed by atoms with E-state index in [-0.39, 0.29) is 12.2 Å². The van der Waals surface area contributed by atoms with E-state index in [1.165, 1.54) is 7.11 Å². The topological polar surface area (TPSA) is 75.6 Å². The van der Waals surface area contributed by atoms with E-state index in [0.717, 1.165) is 18.4 Å². The van der Waals surface area contributed by atoms with Gasteiger partial charge in [0.1, 0.15) is 5.75 Å². The van der Waals surface area contributed by atoms with E-state index in [4.69, 9.17) is 9.84 Å². The summed E-state index contributed by atoms with van der Waals surface area (Å²) in [7, 11) is 1.50. The van der Waals surface area contributed by atoms with Crippen LogP contribution in [0.3, 0.4) is 0 Å². The third-order valence-electron chi connectivity index (χ3n) is 3.24. The van der Waals surface area contributed by atoms with Gasteiger partial charge in [0.25, 0.3) is 0 Å². The first-order valence-electron chi connectivity index (χ1n) is 7.13. The number of ketones is 1. The zero-order chi connectivity index (χ0) is 15.8. The maximum atomic E-state index is 12.6. The van der Waals surface area contributed by atoms with Crippen LogP contribution in [0.15, 0.2) is 18.2 Å². The molecule has 0 bridgehead atoms. The number of rotatable bonds is 9. The third-order valence-corrected chi connectivity index (χ3v) is 3.24. The number of aryl methyl sites for hydroxylation is 1. The molecule has 0 aliphatic heterocycles. The van der Waals surface area contributed by atoms with Gasteiger partial charge in [-0.25, -0.2) is 0 Å². The average molecular weight is 293 g/mol. The van der Waals surface area contributed by atoms with E-state index in [0.29, 0.717) is 17.9 Å². The van der Waals surface area contributed by atoms with Crippen molar-refractivity contribution in [1.29, 1.82) is 0 Å². The molecule has 0 aliphatic rings. The molecule has 0 spiro atoms. The van der Waals surface area contributed by atoms with Crippen LogP contribution in [0.4, 0.5) is 0 Å². The number of ether oxygens (including phenoxy) is 1. The lowest BCUT2D eigenvalue weighted by molar-refractivity contribution is -0.137. The van der Waals surface area contributed by atoms with Gasteiger partial charge < -0.3 is 15.2 Å². The number of hydrogen-bond donors (Lipinski definition) is 2. The van der Waals surface area contributed by atoms with Gasteiger partial charge in [-0.3, -0.25) is 9.59 Å². The summed E-state index contributed by atoms with van der Waals surface area (Å²) in [5.74, 6) is -0.767. The minimum absolute atomic E-state index is 0.236. The molecule has 0 aromatic heterocycles. The molecule has 1 aromatic rings. The number of aliphatic carboxylic acids is 1. The molecule has 0 radical (unpaired) electrons. The molecule has 2 N–H and O–H groups in total. The van der Waals surface area contributed by atoms with E-state index < -0.39 is 12.0 Å². The molecule has 116 valence electrons. The summed E-state index contributed by atoms with van der Waals surface area (Å²) in [4.78, 5) is 23.6. The summed E-state index contributed by atoms with van der Waals surface area (Å²) in [6.07, 6.45) is 1.64. The molecule has 0 heterocycles. The minimum atomic E-state index is -0.996. The van der Waals surface area contributed by atoms with Crippen molar-refractivity contribution in [3.05, 3.63) is 29.3 Å². The van der Waals surface area contributed by atoms with Crippen molar-refractivity contribution in [3.8, 4) is 5.75 Å². The van der Waals surface area contributed by atoms with Crippen LogP contribution in [-0.2, 0) is 4.79 Å². The fraction of sp³-hybridized carbons (Fsp3) is 0.500. The fourth-order valence-corrected chi connectivity index (χ4v) is 2.09. The SMILES string of the molecule is CCCCNC(CC(=O)O)C(=O)c1cc(C)ccc1OC. The number of methoxy groups -OCH3 is 1. The summed E-state index contributed by atoms with van der Waals surface area (Å²) in [6, 6.07) is 4.58. The summed E-state index contributed by atoms with van der Waals surface area (Å²) in [6.45, 7) is 4.54. The van der Waals surface area contributed by atoms with Crippen LogP contribution in [0, 0.1) is 6.92 Å². The fourth-order valence-electron chi connectivity index (χ4n) is 2.09. The van der Waals surface area contributed by atoms with E-state index in [1.807, 2.05) is 19.9 Å². The quantitative estimate of drug-likeness (QED) is 0.540. The smallest absolute Gasteiger partial charge is 0.305 e. The number of carbonyl (C=O) groups is 2. The number of hydrogen-bond acceptors (Lipinski definition) is 4. The summed E-state index contributed by atoms with van der Waals surface area (Å²) in [5, 5.41) is 12.0. The van der Waals surface area contributed by atoms with Crippen LogP contribution < -0.4 is 10.1 Å². The molecule has 0 amide bonds. The number of carboxylic acids is 1. The van der Waals surface area contributed by atoms with E-state index in [9.17, 15) is 9.59 Å². The third kappa shape index (κ3) is 5.19. The molecule has 1 rings (SSSR count). The van der Waals surface area contributed by atoms with Crippen molar-refractivity contribution < 1.29 is 19.4 Å². The Morgan fingerprint density at radius 2 is 2.10 bits per heavy atom. The van der Waals surface area contributed by atoms with Gasteiger partial charge in [0.15, 0.2) is 5.78 Å². The number of carbonyl (C=O) groups excluding carboxylic acids is 1. The lowest BCUT2D eigenvalue weighted by Gasteiger charge is -2.17. The van der Waals surface area contributed by atoms with Crippen LogP contribution >= 0.6 is 0 Å². The summed E-state index contributed by atoms with van der Waals surface area (Å²) in [5.41, 5.74) is 1.36. The largest absolute Gasteiger partial charge is 0.496 e. The van der Waals surface area contributed by atoms with E-state index >= 15 is 0 Å². The molecule has 0 saturated carbocycles. The molecule has 1 unspecified atom stereocenters. The Kier molecular flexibility index (Phi) is 6.88. The summed E-state index contributed by atoms with van der Waals surface area (Å²) < 4.78 is 5.21. The second-order valence-corrected chi connectivity index (χ2v) is 5.03. The first-order chi connectivity index (χ1) is 9.99. The second-order valence-electron chi connectivity index (χ2n) is 5.03. The number of unbranched alkanes of at least 4 members (excludes halogenated alkanes) is 1. The normalized spacial score (nSPS) is 12.0. The second kappa shape index (κ2) is 8.42. The number of carboxylic acid groups (broad SMARTS) is 1. The van der Waals surface area contributed by atoms with Crippen LogP contribution in [0.2, 0.25) is 0 Å². The van der Waals surface area contributed by atoms with Gasteiger partial charge in [0, 0.05) is 0 Å². The number of benzene rings is 1. The highest BCUT2D eigenvalue weighted by Crippen LogP contribution is 2.22. The zero-order valence-electron chi connectivity index (χ0n) is 12.8. The lowest BCUT2D eigenvalue weighted by Crippen LogP contribution is -2.39. The first-order valence-corrected chi connectivity index (χ1v) is 7.13. The Balaban J connectivity index is 2.97. The molecular weight excluding hydrogens is 270 g/mol. The van der Waals surface area contributed by atoms with Crippen molar-refractivity contribution in [2.24, 2.45) is 0 Å². The number of Topliss-reactive ketones (excluding diaryl/α,β-unsaturated/α-hetero) is 1. The number of nitrogens with one attached hydrogen (secondary N) is 1. The van der Waals surface area contributed by atoms with Crippen LogP contribution in [0.25, 0.3) is 0 Å². The molecule has 5 heteroatoms. The molecule has 0 fully saturated rings. The van der Waals surface area contributed by atoms with Crippen molar-refractivity contribution in [2.75, 3.05) is 13.7 Å². The Labute approximate surface area is 125 Å². The highest BCUT2D eigenvalue weighted by molar-refractivity contribution is 6.04. The van der Waals surface area contributed by atoms with E-state index in [2.05, 4.69) is 5.32 Å². The van der Waals surface area contributed by atoms with Gasteiger partial charge in [-0.2, -0.15) is 0 Å². The van der Waals surface area contributed by atoms with Crippen molar-refractivity contribution >= 4 is 11.8 Å². The van der Waals surface area contributed by atoms with Crippen LogP contribution in [-0.4, -0.2) is 36.6 Å². The van der Waals surface area contributed by atoms with Crippen molar-refractivity contribution in [3.63, 3.8) is 0 Å². The molecular formula is C16H23NO4. The monoisotopic (exact) mass is 293 g/mol. The standard InChI is InChI=1S/C16H23NO4/c1-4-5-8-17-13(10-15(18)19)16(20)12-9-11(2)6-7-14(12)21-3/h6-7,9,13,17H,4-5,8,10H2,1-3H3,(H,18,19). The Morgan fingerprint density at radius 1 is 1.38 bits per heavy atom. The van der Waals surface area contributed by atoms with Gasteiger partial charge >= 0.3 is 5.97 Å². The molecule has 5 nitrogen and oxygen atoms in total. The highest BCUT2D eigenvalue weighted by Gasteiger charge is 2.24. The van der Waals surface area contributed by atoms with Crippen molar-refractivity contribution in [2.45, 2.75) is 39.2 Å². The minimum Gasteiger partial charge on any atom is -0.496 e. The zero-order valence-corrected chi connectivity index (χ0v) is 12.8. The van der Waals surface area contributed by atoms with Gasteiger partial charge in [-0.15, -0.1) is 0 Å². The maximum Gasteiger partial charge on any atom is 0.305 e. The lowest BCUT2D eigenvalue weighted by atomic mass is 9.99. The molecule has 0 aliphatic carbocycles. The Bertz CT molecular complexity index is 499. The van der Waals surface area contributed by atoms with Crippen LogP contribution in [0.5, 0.6) is 5.75 Å². The molecule has 1 atom stereocenters. The first kappa shape index (κ1) is 17.2. The molecule has 21 heavy (non-hydrogen) atoms. The highest BCUT2D eigenvalue weighted by atomic mass is 16.5. The molecule has 1 aromatic carbocycles. The van der Waals surface area contributed by atoms with Gasteiger partial charge in [-0.1, -0.05) is 25.0 Å². The molecule has 0 saturated heterocycles. The van der Waals surface area contributed by atoms with Gasteiger partial charge in [-0.05, 0) is 32.0 Å². The van der Waals surface area contributed by atoms with E-state index in [1.54, 1.807) is 12.1 Å². The van der Waals surface area contributed by atoms with Gasteiger partial charge in [0.2, 0.25) is 0 Å². The van der Waals surface area contributed by atoms with Gasteiger partial charge in [0.05, 0.1) is 25.1 Å². The Hall–Kier alpha value is -1.88. The van der Waals surface area contributed by atoms with Crippen LogP contribution in [0.1, 0.15) is 42.1 Å². The Morgan fingerprint density at radius 3 is 2.67 bits per heavy atom. The maximum absolute atomic E-state index is 12.6. The average Bonchev–Trinajstić information content (AvgIpc) is 2.45. The predicted molar refractivity (Wildman–Crippen MR) is 81.0 cm³/mol.